The largest absolute Gasteiger partial charge is 0.510 e. The lowest BCUT2D eigenvalue weighted by Gasteiger charge is -2.53. The second kappa shape index (κ2) is 15.6. The third-order valence-electron chi connectivity index (χ3n) is 14.0. The normalized spacial score (nSPS) is 33.8. The highest BCUT2D eigenvalue weighted by atomic mass is 16.4. The zero-order valence-corrected chi connectivity index (χ0v) is 35.8. The number of hydrogen-bond acceptors (Lipinski definition) is 18. The van der Waals surface area contributed by atoms with Gasteiger partial charge in [0.25, 0.3) is 11.8 Å². The SMILES string of the molecule is CN(C)[C@@H]1C(O)=C(C(N)=O)C(=O)[C@@]2(O)C(O)=C3C(=O)c4c(O)cccc4[C@@](C)(O)[C@H]3C[C@@H]12.C[C@H]1c2cccc(O)c2C(=O)C2=C(O)[C@]3(O)C(=O)C(C(N)=O)=C(O)[C@@H](N(C)C)[C@@H]3[C@@H](O)[C@@H]21.O. The van der Waals surface area contributed by atoms with E-state index in [1.54, 1.807) is 19.1 Å². The zero-order valence-electron chi connectivity index (χ0n) is 35.8. The van der Waals surface area contributed by atoms with Crippen LogP contribution in [0.2, 0.25) is 0 Å². The first-order valence-electron chi connectivity index (χ1n) is 20.0. The summed E-state index contributed by atoms with van der Waals surface area (Å²) < 4.78 is 0. The summed E-state index contributed by atoms with van der Waals surface area (Å²) >= 11 is 0. The van der Waals surface area contributed by atoms with Gasteiger partial charge in [0, 0.05) is 28.9 Å². The molecule has 21 heteroatoms. The molecule has 0 saturated heterocycles. The summed E-state index contributed by atoms with van der Waals surface area (Å²) in [6.07, 6.45) is -1.79. The number of carbonyl (C=O) groups excluding carboxylic acids is 6. The lowest BCUT2D eigenvalue weighted by Crippen LogP contribution is -2.68. The number of nitrogens with two attached hydrogens (primary N) is 2. The molecule has 8 rings (SSSR count). The number of ketones is 4. The van der Waals surface area contributed by atoms with Gasteiger partial charge in [0.1, 0.15) is 45.7 Å². The first-order chi connectivity index (χ1) is 29.6. The van der Waals surface area contributed by atoms with Crippen LogP contribution in [0.15, 0.2) is 81.7 Å². The minimum atomic E-state index is -2.89. The first kappa shape index (κ1) is 48.0. The van der Waals surface area contributed by atoms with Gasteiger partial charge in [-0.3, -0.25) is 38.6 Å². The van der Waals surface area contributed by atoms with Gasteiger partial charge in [-0.1, -0.05) is 31.2 Å². The highest BCUT2D eigenvalue weighted by molar-refractivity contribution is 6.26. The van der Waals surface area contributed by atoms with Crippen molar-refractivity contribution in [3.63, 3.8) is 0 Å². The molecule has 0 saturated carbocycles. The molecule has 0 radical (unpaired) electrons. The summed E-state index contributed by atoms with van der Waals surface area (Å²) in [7, 11) is 6.04. The minimum absolute atomic E-state index is 0. The molecule has 0 aliphatic heterocycles. The van der Waals surface area contributed by atoms with E-state index in [9.17, 15) is 79.8 Å². The summed E-state index contributed by atoms with van der Waals surface area (Å²) in [4.78, 5) is 79.7. The van der Waals surface area contributed by atoms with E-state index in [4.69, 9.17) is 11.5 Å². The van der Waals surface area contributed by atoms with Gasteiger partial charge in [-0.25, -0.2) is 0 Å². The van der Waals surface area contributed by atoms with Gasteiger partial charge in [0.15, 0.2) is 22.8 Å². The molecule has 6 aliphatic rings. The molecule has 0 heterocycles. The number of aliphatic hydroxyl groups excluding tert-OH is 5. The van der Waals surface area contributed by atoms with E-state index in [1.165, 1.54) is 69.2 Å². The van der Waals surface area contributed by atoms with Crippen molar-refractivity contribution in [1.29, 1.82) is 0 Å². The number of benzene rings is 2. The maximum absolute atomic E-state index is 13.3. The highest BCUT2D eigenvalue weighted by Crippen LogP contribution is 2.58. The third-order valence-corrected chi connectivity index (χ3v) is 14.0. The second-order valence-corrected chi connectivity index (χ2v) is 17.8. The molecular formula is C44H50N4O17. The number of aliphatic hydroxyl groups is 8. The fourth-order valence-corrected chi connectivity index (χ4v) is 11.1. The van der Waals surface area contributed by atoms with Crippen molar-refractivity contribution in [3.8, 4) is 11.5 Å². The first-order valence-corrected chi connectivity index (χ1v) is 20.0. The molecular weight excluding hydrogens is 856 g/mol. The van der Waals surface area contributed by atoms with Crippen molar-refractivity contribution in [1.82, 2.24) is 9.80 Å². The van der Waals surface area contributed by atoms with Crippen LogP contribution in [-0.4, -0.2) is 159 Å². The van der Waals surface area contributed by atoms with Gasteiger partial charge in [0.2, 0.25) is 11.6 Å². The van der Waals surface area contributed by atoms with Gasteiger partial charge >= 0.3 is 0 Å². The number of nitrogens with zero attached hydrogens (tertiary/aromatic N) is 2. The molecule has 2 amide bonds. The summed E-state index contributed by atoms with van der Waals surface area (Å²) in [5, 5.41) is 110. The number of Topliss-reactive ketones (excluding diaryl/α,β-unsaturated/α-hetero) is 4. The van der Waals surface area contributed by atoms with E-state index in [1.807, 2.05) is 0 Å². The number of hydrogen-bond donors (Lipinski definition) is 12. The number of primary amides is 2. The van der Waals surface area contributed by atoms with Crippen molar-refractivity contribution >= 4 is 34.9 Å². The minimum Gasteiger partial charge on any atom is -0.510 e. The predicted octanol–water partition coefficient (Wildman–Crippen LogP) is -1.39. The Hall–Kier alpha value is -6.46. The number of aromatic hydroxyl groups is 2. The molecule has 2 aromatic carbocycles. The molecule has 0 aromatic heterocycles. The number of carbonyl (C=O) groups is 6. The number of amides is 2. The average Bonchev–Trinajstić information content (AvgIpc) is 3.19. The van der Waals surface area contributed by atoms with Crippen LogP contribution in [0.3, 0.4) is 0 Å². The van der Waals surface area contributed by atoms with Crippen LogP contribution in [0, 0.1) is 23.7 Å². The Morgan fingerprint density at radius 2 is 1.15 bits per heavy atom. The van der Waals surface area contributed by atoms with Crippen LogP contribution < -0.4 is 11.5 Å². The van der Waals surface area contributed by atoms with Crippen LogP contribution in [-0.2, 0) is 24.8 Å². The van der Waals surface area contributed by atoms with Crippen molar-refractivity contribution < 1.29 is 85.3 Å². The van der Waals surface area contributed by atoms with Crippen molar-refractivity contribution in [2.75, 3.05) is 28.2 Å². The summed E-state index contributed by atoms with van der Waals surface area (Å²) in [5.41, 5.74) is 0.709. The van der Waals surface area contributed by atoms with E-state index >= 15 is 0 Å². The molecule has 6 aliphatic carbocycles. The zero-order chi connectivity index (χ0) is 47.8. The molecule has 2 aromatic rings. The standard InChI is InChI=1S/2C22H24N2O8.H2O/c1-21(31)8-5-4-6-11(25)12(8)16(26)13-9(21)7-10-15(24(2)3)17(27)14(20(23)30)19(29)22(10,32)18(13)28;1-7-8-5-4-6-9(25)11(8)16(26)12-10(7)17(27)14-15(24(2)3)18(28)13(21(23)31)20(30)22(14,32)19(12)29;/h4-6,9-10,15,25,27-28,31-32H,7H2,1-3H3,(H2,23,30);4-7,10,14-15,17,25,27-29,32H,1-3H3,(H2,23,31);1H2/t9-,10-,15-,21+,22-;7-,10+,14+,15-,17-,22-;/m00./s1. The predicted molar refractivity (Wildman–Crippen MR) is 223 cm³/mol. The molecule has 11 atom stereocenters. The Kier molecular flexibility index (Phi) is 11.5. The van der Waals surface area contributed by atoms with E-state index < -0.39 is 151 Å². The molecule has 348 valence electrons. The fourth-order valence-electron chi connectivity index (χ4n) is 11.1. The Morgan fingerprint density at radius 1 is 0.692 bits per heavy atom. The topological polar surface area (TPSA) is 395 Å². The summed E-state index contributed by atoms with van der Waals surface area (Å²) in [6.45, 7) is 3.08. The maximum atomic E-state index is 13.3. The van der Waals surface area contributed by atoms with Gasteiger partial charge in [-0.05, 0) is 70.7 Å². The molecule has 65 heavy (non-hydrogen) atoms. The van der Waals surface area contributed by atoms with E-state index in [2.05, 4.69) is 0 Å². The number of phenolic OH excluding ortho intramolecular Hbond substituents is 2. The monoisotopic (exact) mass is 906 g/mol. The molecule has 0 fully saturated rings. The van der Waals surface area contributed by atoms with E-state index in [-0.39, 0.29) is 34.3 Å². The van der Waals surface area contributed by atoms with Gasteiger partial charge < -0.3 is 68.0 Å². The maximum Gasteiger partial charge on any atom is 0.255 e. The Labute approximate surface area is 369 Å². The Morgan fingerprint density at radius 3 is 1.68 bits per heavy atom. The fraction of sp³-hybridized carbons (Fsp3) is 0.409. The van der Waals surface area contributed by atoms with Gasteiger partial charge in [0.05, 0.1) is 40.8 Å². The Bertz CT molecular complexity index is 2630. The summed E-state index contributed by atoms with van der Waals surface area (Å²) in [5.74, 6) is -16.8. The Balaban J connectivity index is 0.000000212. The highest BCUT2D eigenvalue weighted by Gasteiger charge is 2.68. The molecule has 0 bridgehead atoms. The molecule has 21 nitrogen and oxygen atoms in total. The number of rotatable bonds is 4. The second-order valence-electron chi connectivity index (χ2n) is 17.8. The smallest absolute Gasteiger partial charge is 0.255 e. The van der Waals surface area contributed by atoms with Crippen LogP contribution in [0.5, 0.6) is 11.5 Å². The van der Waals surface area contributed by atoms with Crippen molar-refractivity contribution in [2.45, 2.75) is 61.2 Å². The van der Waals surface area contributed by atoms with E-state index in [0.717, 1.165) is 0 Å². The number of phenols is 2. The summed E-state index contributed by atoms with van der Waals surface area (Å²) in [6, 6.07) is 6.22. The lowest BCUT2D eigenvalue weighted by atomic mass is 9.55. The van der Waals surface area contributed by atoms with Gasteiger partial charge in [-0.2, -0.15) is 0 Å². The molecule has 16 N–H and O–H groups in total. The quantitative estimate of drug-likeness (QED) is 0.157. The van der Waals surface area contributed by atoms with Crippen LogP contribution in [0.4, 0.5) is 0 Å². The van der Waals surface area contributed by atoms with Crippen LogP contribution >= 0.6 is 0 Å². The van der Waals surface area contributed by atoms with Gasteiger partial charge in [-0.15, -0.1) is 0 Å². The van der Waals surface area contributed by atoms with Crippen LogP contribution in [0.1, 0.15) is 58.0 Å². The average molecular weight is 907 g/mol. The van der Waals surface area contributed by atoms with Crippen LogP contribution in [0.25, 0.3) is 0 Å². The lowest BCUT2D eigenvalue weighted by molar-refractivity contribution is -0.162. The van der Waals surface area contributed by atoms with Crippen molar-refractivity contribution in [2.24, 2.45) is 35.1 Å². The molecule has 0 spiro atoms. The van der Waals surface area contributed by atoms with Crippen molar-refractivity contribution in [3.05, 3.63) is 104 Å². The number of likely N-dealkylation sites (N-methyl/N-ethyl adjacent to an activating group) is 2. The third kappa shape index (κ3) is 6.18. The van der Waals surface area contributed by atoms with E-state index in [0.29, 0.717) is 5.56 Å². The molecule has 0 unspecified atom stereocenters. The number of fused-ring (bicyclic) bond motifs is 6.